The van der Waals surface area contributed by atoms with Crippen LogP contribution in [-0.2, 0) is 4.79 Å². The molecule has 2 amide bonds. The minimum atomic E-state index is -0.0820. The third-order valence-electron chi connectivity index (χ3n) is 4.78. The molecular weight excluding hydrogens is 326 g/mol. The molecular formula is C21H25N3O2. The number of hydrogen-bond donors (Lipinski definition) is 1. The van der Waals surface area contributed by atoms with Crippen LogP contribution in [0.3, 0.4) is 0 Å². The average molecular weight is 351 g/mol. The molecule has 1 N–H and O–H groups in total. The van der Waals surface area contributed by atoms with E-state index in [9.17, 15) is 9.59 Å². The Morgan fingerprint density at radius 3 is 2.23 bits per heavy atom. The Hall–Kier alpha value is -2.69. The predicted octanol–water partition coefficient (Wildman–Crippen LogP) is 3.50. The van der Waals surface area contributed by atoms with Gasteiger partial charge in [-0.2, -0.15) is 0 Å². The number of likely N-dealkylation sites (tertiary alicyclic amines) is 1. The van der Waals surface area contributed by atoms with Crippen molar-refractivity contribution in [2.45, 2.75) is 33.6 Å². The molecule has 1 aliphatic rings. The zero-order valence-electron chi connectivity index (χ0n) is 15.6. The summed E-state index contributed by atoms with van der Waals surface area (Å²) in [6.07, 6.45) is 3.09. The molecule has 1 fully saturated rings. The molecule has 3 rings (SSSR count). The van der Waals surface area contributed by atoms with Gasteiger partial charge in [-0.25, -0.2) is 4.98 Å². The van der Waals surface area contributed by atoms with Gasteiger partial charge in [-0.05, 0) is 57.4 Å². The number of aromatic nitrogens is 1. The van der Waals surface area contributed by atoms with Crippen molar-refractivity contribution in [1.29, 1.82) is 0 Å². The van der Waals surface area contributed by atoms with E-state index in [0.29, 0.717) is 31.7 Å². The fraction of sp³-hybridized carbons (Fsp3) is 0.381. The van der Waals surface area contributed by atoms with E-state index in [4.69, 9.17) is 0 Å². The number of aryl methyl sites for hydroxylation is 3. The van der Waals surface area contributed by atoms with Gasteiger partial charge in [-0.15, -0.1) is 0 Å². The Bertz CT molecular complexity index is 786. The third-order valence-corrected chi connectivity index (χ3v) is 4.78. The Kier molecular flexibility index (Phi) is 5.35. The van der Waals surface area contributed by atoms with Gasteiger partial charge >= 0.3 is 0 Å². The van der Waals surface area contributed by atoms with Crippen molar-refractivity contribution in [1.82, 2.24) is 9.88 Å². The Balaban J connectivity index is 1.57. The first-order valence-electron chi connectivity index (χ1n) is 9.03. The van der Waals surface area contributed by atoms with E-state index in [-0.39, 0.29) is 17.7 Å². The van der Waals surface area contributed by atoms with Gasteiger partial charge in [0.15, 0.2) is 0 Å². The maximum absolute atomic E-state index is 12.7. The van der Waals surface area contributed by atoms with Crippen LogP contribution in [0.4, 0.5) is 5.82 Å². The smallest absolute Gasteiger partial charge is 0.253 e. The maximum Gasteiger partial charge on any atom is 0.253 e. The van der Waals surface area contributed by atoms with Crippen LogP contribution in [0, 0.1) is 26.7 Å². The lowest BCUT2D eigenvalue weighted by atomic mass is 9.95. The minimum Gasteiger partial charge on any atom is -0.339 e. The number of benzene rings is 1. The first-order valence-corrected chi connectivity index (χ1v) is 9.03. The highest BCUT2D eigenvalue weighted by Gasteiger charge is 2.28. The molecule has 0 atom stereocenters. The van der Waals surface area contributed by atoms with Gasteiger partial charge in [0, 0.05) is 30.8 Å². The molecule has 0 unspecified atom stereocenters. The van der Waals surface area contributed by atoms with Gasteiger partial charge in [0.1, 0.15) is 5.82 Å². The Morgan fingerprint density at radius 1 is 1.00 bits per heavy atom. The van der Waals surface area contributed by atoms with Crippen LogP contribution < -0.4 is 5.32 Å². The van der Waals surface area contributed by atoms with Crippen molar-refractivity contribution in [3.63, 3.8) is 0 Å². The highest BCUT2D eigenvalue weighted by atomic mass is 16.2. The highest BCUT2D eigenvalue weighted by Crippen LogP contribution is 2.21. The number of anilines is 1. The van der Waals surface area contributed by atoms with E-state index in [0.717, 1.165) is 22.3 Å². The molecule has 1 aliphatic heterocycles. The van der Waals surface area contributed by atoms with Crippen LogP contribution in [0.5, 0.6) is 0 Å². The second-order valence-corrected chi connectivity index (χ2v) is 7.15. The van der Waals surface area contributed by atoms with Gasteiger partial charge < -0.3 is 10.2 Å². The molecule has 2 heterocycles. The van der Waals surface area contributed by atoms with Crippen LogP contribution in [0.2, 0.25) is 0 Å². The van der Waals surface area contributed by atoms with Crippen LogP contribution in [0.1, 0.15) is 39.9 Å². The number of pyridine rings is 1. The summed E-state index contributed by atoms with van der Waals surface area (Å²) >= 11 is 0. The van der Waals surface area contributed by atoms with Gasteiger partial charge in [0.2, 0.25) is 5.91 Å². The molecule has 1 aromatic heterocycles. The van der Waals surface area contributed by atoms with Crippen molar-refractivity contribution in [3.05, 3.63) is 58.8 Å². The number of carbonyl (C=O) groups excluding carboxylic acids is 2. The molecule has 0 saturated carbocycles. The van der Waals surface area contributed by atoms with E-state index in [1.165, 1.54) is 0 Å². The van der Waals surface area contributed by atoms with Gasteiger partial charge in [0.25, 0.3) is 5.91 Å². The van der Waals surface area contributed by atoms with Gasteiger partial charge in [-0.3, -0.25) is 9.59 Å². The van der Waals surface area contributed by atoms with Gasteiger partial charge in [0.05, 0.1) is 0 Å². The molecule has 1 aromatic carbocycles. The van der Waals surface area contributed by atoms with Gasteiger partial charge in [-0.1, -0.05) is 23.3 Å². The number of nitrogens with one attached hydrogen (secondary N) is 1. The average Bonchev–Trinajstić information content (AvgIpc) is 2.62. The molecule has 0 bridgehead atoms. The molecule has 5 heteroatoms. The largest absolute Gasteiger partial charge is 0.339 e. The lowest BCUT2D eigenvalue weighted by Crippen LogP contribution is -2.41. The first-order chi connectivity index (χ1) is 12.4. The Labute approximate surface area is 154 Å². The van der Waals surface area contributed by atoms with Crippen LogP contribution in [0.15, 0.2) is 36.5 Å². The summed E-state index contributed by atoms with van der Waals surface area (Å²) in [5.74, 6) is 0.534. The van der Waals surface area contributed by atoms with Crippen molar-refractivity contribution in [2.24, 2.45) is 5.92 Å². The molecule has 0 radical (unpaired) electrons. The monoisotopic (exact) mass is 351 g/mol. The number of rotatable bonds is 3. The van der Waals surface area contributed by atoms with Crippen molar-refractivity contribution in [3.8, 4) is 0 Å². The number of nitrogens with zero attached hydrogens (tertiary/aromatic N) is 2. The third kappa shape index (κ3) is 4.28. The van der Waals surface area contributed by atoms with Crippen molar-refractivity contribution in [2.75, 3.05) is 18.4 Å². The molecule has 1 saturated heterocycles. The fourth-order valence-electron chi connectivity index (χ4n) is 3.40. The quantitative estimate of drug-likeness (QED) is 0.921. The fourth-order valence-corrected chi connectivity index (χ4v) is 3.40. The summed E-state index contributed by atoms with van der Waals surface area (Å²) in [6.45, 7) is 7.16. The molecule has 26 heavy (non-hydrogen) atoms. The summed E-state index contributed by atoms with van der Waals surface area (Å²) in [4.78, 5) is 31.2. The summed E-state index contributed by atoms with van der Waals surface area (Å²) in [5.41, 5.74) is 3.97. The van der Waals surface area contributed by atoms with E-state index >= 15 is 0 Å². The highest BCUT2D eigenvalue weighted by molar-refractivity contribution is 5.95. The molecule has 5 nitrogen and oxygen atoms in total. The summed E-state index contributed by atoms with van der Waals surface area (Å²) in [5, 5.41) is 2.88. The predicted molar refractivity (Wildman–Crippen MR) is 102 cm³/mol. The number of piperidine rings is 1. The second kappa shape index (κ2) is 7.68. The van der Waals surface area contributed by atoms with Crippen LogP contribution in [0.25, 0.3) is 0 Å². The minimum absolute atomic E-state index is 0.0140. The second-order valence-electron chi connectivity index (χ2n) is 7.15. The number of carbonyl (C=O) groups is 2. The summed E-state index contributed by atoms with van der Waals surface area (Å²) in [6, 6.07) is 9.65. The summed E-state index contributed by atoms with van der Waals surface area (Å²) < 4.78 is 0. The van der Waals surface area contributed by atoms with Crippen LogP contribution >= 0.6 is 0 Å². The van der Waals surface area contributed by atoms with E-state index in [1.54, 1.807) is 6.20 Å². The van der Waals surface area contributed by atoms with Crippen molar-refractivity contribution < 1.29 is 9.59 Å². The SMILES string of the molecule is Cc1ccc(NC(=O)C2CCN(C(=O)c3cc(C)cc(C)c3)CC2)nc1. The number of amides is 2. The Morgan fingerprint density at radius 2 is 1.65 bits per heavy atom. The molecule has 0 spiro atoms. The lowest BCUT2D eigenvalue weighted by Gasteiger charge is -2.31. The molecule has 0 aliphatic carbocycles. The maximum atomic E-state index is 12.7. The van der Waals surface area contributed by atoms with E-state index in [2.05, 4.69) is 16.4 Å². The first kappa shape index (κ1) is 18.1. The van der Waals surface area contributed by atoms with E-state index in [1.807, 2.05) is 49.9 Å². The lowest BCUT2D eigenvalue weighted by molar-refractivity contribution is -0.121. The standard InChI is InChI=1S/C21H25N3O2/c1-14-4-5-19(22-13-14)23-20(25)17-6-8-24(9-7-17)21(26)18-11-15(2)10-16(3)12-18/h4-5,10-13,17H,6-9H2,1-3H3,(H,22,23,25). The summed E-state index contributed by atoms with van der Waals surface area (Å²) in [7, 11) is 0. The normalized spacial score (nSPS) is 15.0. The molecule has 2 aromatic rings. The molecule has 136 valence electrons. The van der Waals surface area contributed by atoms with Crippen molar-refractivity contribution >= 4 is 17.6 Å². The zero-order chi connectivity index (χ0) is 18.7. The number of hydrogen-bond acceptors (Lipinski definition) is 3. The van der Waals surface area contributed by atoms with E-state index < -0.39 is 0 Å². The zero-order valence-corrected chi connectivity index (χ0v) is 15.6. The van der Waals surface area contributed by atoms with Crippen LogP contribution in [-0.4, -0.2) is 34.8 Å². The topological polar surface area (TPSA) is 62.3 Å².